The van der Waals surface area contributed by atoms with E-state index in [2.05, 4.69) is 4.74 Å². The highest BCUT2D eigenvalue weighted by Crippen LogP contribution is 2.36. The number of ether oxygens (including phenoxy) is 3. The van der Waals surface area contributed by atoms with E-state index in [9.17, 15) is 23.1 Å². The molecule has 2 aromatic carbocycles. The maximum atomic E-state index is 12.7. The van der Waals surface area contributed by atoms with E-state index < -0.39 is 24.0 Å². The minimum Gasteiger partial charge on any atom is -0.497 e. The minimum absolute atomic E-state index is 0.0968. The van der Waals surface area contributed by atoms with Gasteiger partial charge in [0.1, 0.15) is 11.5 Å². The van der Waals surface area contributed by atoms with E-state index in [-0.39, 0.29) is 25.4 Å². The average Bonchev–Trinajstić information content (AvgIpc) is 2.65. The monoisotopic (exact) mass is 412 g/mol. The van der Waals surface area contributed by atoms with Crippen molar-refractivity contribution in [1.82, 2.24) is 0 Å². The molecule has 0 aliphatic heterocycles. The van der Waals surface area contributed by atoms with E-state index in [0.29, 0.717) is 16.7 Å². The Morgan fingerprint density at radius 1 is 1.10 bits per heavy atom. The second kappa shape index (κ2) is 9.65. The smallest absolute Gasteiger partial charge is 0.497 e. The van der Waals surface area contributed by atoms with Crippen LogP contribution in [0.5, 0.6) is 11.5 Å². The number of benzene rings is 2. The summed E-state index contributed by atoms with van der Waals surface area (Å²) in [5.41, 5.74) is 2.56. The molecule has 0 amide bonds. The Morgan fingerprint density at radius 2 is 1.79 bits per heavy atom. The van der Waals surface area contributed by atoms with Gasteiger partial charge in [0.25, 0.3) is 0 Å². The third-order valence-corrected chi connectivity index (χ3v) is 4.40. The molecule has 5 nitrogen and oxygen atoms in total. The molecule has 0 heterocycles. The first-order valence-corrected chi connectivity index (χ1v) is 8.97. The van der Waals surface area contributed by atoms with Gasteiger partial charge in [0.15, 0.2) is 0 Å². The van der Waals surface area contributed by atoms with Crippen LogP contribution in [-0.4, -0.2) is 31.2 Å². The van der Waals surface area contributed by atoms with Crippen LogP contribution in [0.2, 0.25) is 0 Å². The van der Waals surface area contributed by atoms with Crippen LogP contribution >= 0.6 is 0 Å². The van der Waals surface area contributed by atoms with Gasteiger partial charge in [0, 0.05) is 12.0 Å². The summed E-state index contributed by atoms with van der Waals surface area (Å²) in [6.45, 7) is 3.48. The van der Waals surface area contributed by atoms with E-state index in [4.69, 9.17) is 9.47 Å². The molecule has 0 aromatic heterocycles. The lowest BCUT2D eigenvalue weighted by Gasteiger charge is -2.21. The Hall–Kier alpha value is -2.74. The number of aliphatic hydroxyl groups is 1. The van der Waals surface area contributed by atoms with E-state index in [1.807, 2.05) is 6.92 Å². The molecule has 29 heavy (non-hydrogen) atoms. The molecule has 0 saturated carbocycles. The van der Waals surface area contributed by atoms with Gasteiger partial charge >= 0.3 is 12.3 Å². The number of alkyl halides is 3. The van der Waals surface area contributed by atoms with Crippen molar-refractivity contribution in [2.75, 3.05) is 13.7 Å². The van der Waals surface area contributed by atoms with Crippen molar-refractivity contribution < 1.29 is 37.3 Å². The van der Waals surface area contributed by atoms with Gasteiger partial charge in [-0.15, -0.1) is 13.2 Å². The predicted molar refractivity (Wildman–Crippen MR) is 99.9 cm³/mol. The van der Waals surface area contributed by atoms with Crippen molar-refractivity contribution in [1.29, 1.82) is 0 Å². The maximum Gasteiger partial charge on any atom is 0.573 e. The number of carbonyl (C=O) groups is 1. The molecular weight excluding hydrogens is 389 g/mol. The Labute approximate surface area is 167 Å². The van der Waals surface area contributed by atoms with Gasteiger partial charge in [-0.1, -0.05) is 18.2 Å². The number of halogens is 3. The normalized spacial score (nSPS) is 12.4. The number of carbonyl (C=O) groups excluding carboxylic acids is 1. The first-order chi connectivity index (χ1) is 13.7. The van der Waals surface area contributed by atoms with Crippen molar-refractivity contribution in [3.05, 3.63) is 58.7 Å². The average molecular weight is 412 g/mol. The summed E-state index contributed by atoms with van der Waals surface area (Å²) >= 11 is 0. The van der Waals surface area contributed by atoms with Gasteiger partial charge in [-0.3, -0.25) is 4.79 Å². The Balaban J connectivity index is 2.55. The summed E-state index contributed by atoms with van der Waals surface area (Å²) in [5, 5.41) is 9.56. The van der Waals surface area contributed by atoms with E-state index in [1.54, 1.807) is 31.2 Å². The van der Waals surface area contributed by atoms with Crippen molar-refractivity contribution in [3.8, 4) is 11.5 Å². The summed E-state index contributed by atoms with van der Waals surface area (Å²) in [4.78, 5) is 12.2. The molecule has 8 heteroatoms. The van der Waals surface area contributed by atoms with Crippen LogP contribution < -0.4 is 9.47 Å². The van der Waals surface area contributed by atoms with Crippen LogP contribution in [0, 0.1) is 6.92 Å². The minimum atomic E-state index is -4.87. The van der Waals surface area contributed by atoms with E-state index in [1.165, 1.54) is 13.2 Å². The Kier molecular flexibility index (Phi) is 7.50. The van der Waals surface area contributed by atoms with Gasteiger partial charge in [0.2, 0.25) is 0 Å². The van der Waals surface area contributed by atoms with Crippen molar-refractivity contribution in [2.45, 2.75) is 39.2 Å². The summed E-state index contributed by atoms with van der Waals surface area (Å²) < 4.78 is 52.4. The summed E-state index contributed by atoms with van der Waals surface area (Å²) in [5.74, 6) is -1.41. The quantitative estimate of drug-likeness (QED) is 0.648. The molecule has 0 radical (unpaired) electrons. The van der Waals surface area contributed by atoms with Gasteiger partial charge < -0.3 is 19.3 Å². The molecule has 1 N–H and O–H groups in total. The standard InChI is InChI=1S/C21H23F3O5/c1-4-28-20(26)11-19(14-6-5-13(2)16(7-14)12-25)15-8-17(27-3)10-18(9-15)29-21(22,23)24/h5-10,19,25H,4,11-12H2,1-3H3. The van der Waals surface area contributed by atoms with Crippen molar-refractivity contribution >= 4 is 5.97 Å². The third-order valence-electron chi connectivity index (χ3n) is 4.40. The lowest BCUT2D eigenvalue weighted by molar-refractivity contribution is -0.274. The SMILES string of the molecule is CCOC(=O)CC(c1cc(OC)cc(OC(F)(F)F)c1)c1ccc(C)c(CO)c1. The fourth-order valence-electron chi connectivity index (χ4n) is 3.00. The highest BCUT2D eigenvalue weighted by atomic mass is 19.4. The largest absolute Gasteiger partial charge is 0.573 e. The molecule has 0 spiro atoms. The molecular formula is C21H23F3O5. The molecule has 0 aliphatic rings. The second-order valence-corrected chi connectivity index (χ2v) is 6.40. The molecule has 1 unspecified atom stereocenters. The summed E-state index contributed by atoms with van der Waals surface area (Å²) in [6.07, 6.45) is -4.96. The zero-order valence-corrected chi connectivity index (χ0v) is 16.4. The summed E-state index contributed by atoms with van der Waals surface area (Å²) in [6, 6.07) is 9.16. The zero-order valence-electron chi connectivity index (χ0n) is 16.4. The fraction of sp³-hybridized carbons (Fsp3) is 0.381. The van der Waals surface area contributed by atoms with Gasteiger partial charge in [0.05, 0.1) is 26.7 Å². The number of aryl methyl sites for hydroxylation is 1. The van der Waals surface area contributed by atoms with E-state index in [0.717, 1.165) is 11.6 Å². The van der Waals surface area contributed by atoms with Crippen LogP contribution in [-0.2, 0) is 16.1 Å². The van der Waals surface area contributed by atoms with Crippen LogP contribution in [0.1, 0.15) is 41.5 Å². The molecule has 0 saturated heterocycles. The highest BCUT2D eigenvalue weighted by Gasteiger charge is 2.32. The van der Waals surface area contributed by atoms with Gasteiger partial charge in [-0.25, -0.2) is 0 Å². The Bertz CT molecular complexity index is 849. The number of hydrogen-bond acceptors (Lipinski definition) is 5. The number of aliphatic hydroxyl groups excluding tert-OH is 1. The van der Waals surface area contributed by atoms with Gasteiger partial charge in [-0.05, 0) is 48.2 Å². The molecule has 1 atom stereocenters. The molecule has 0 bridgehead atoms. The molecule has 2 aromatic rings. The molecule has 0 aliphatic carbocycles. The van der Waals surface area contributed by atoms with Crippen LogP contribution in [0.25, 0.3) is 0 Å². The maximum absolute atomic E-state index is 12.7. The number of methoxy groups -OCH3 is 1. The van der Waals surface area contributed by atoms with Crippen molar-refractivity contribution in [2.24, 2.45) is 0 Å². The molecule has 158 valence electrons. The number of esters is 1. The van der Waals surface area contributed by atoms with Crippen LogP contribution in [0.3, 0.4) is 0 Å². The topological polar surface area (TPSA) is 65.0 Å². The second-order valence-electron chi connectivity index (χ2n) is 6.40. The van der Waals surface area contributed by atoms with Gasteiger partial charge in [-0.2, -0.15) is 0 Å². The number of hydrogen-bond donors (Lipinski definition) is 1. The first-order valence-electron chi connectivity index (χ1n) is 8.97. The lowest BCUT2D eigenvalue weighted by atomic mass is 9.86. The summed E-state index contributed by atoms with van der Waals surface area (Å²) in [7, 11) is 1.33. The number of rotatable bonds is 8. The lowest BCUT2D eigenvalue weighted by Crippen LogP contribution is -2.18. The Morgan fingerprint density at radius 3 is 2.38 bits per heavy atom. The predicted octanol–water partition coefficient (Wildman–Crippen LogP) is 4.48. The van der Waals surface area contributed by atoms with Crippen LogP contribution in [0.15, 0.2) is 36.4 Å². The molecule has 2 rings (SSSR count). The molecule has 0 fully saturated rings. The van der Waals surface area contributed by atoms with E-state index >= 15 is 0 Å². The first kappa shape index (κ1) is 22.5. The zero-order chi connectivity index (χ0) is 21.6. The third kappa shape index (κ3) is 6.39. The van der Waals surface area contributed by atoms with Crippen LogP contribution in [0.4, 0.5) is 13.2 Å². The highest BCUT2D eigenvalue weighted by molar-refractivity contribution is 5.71. The fourth-order valence-corrected chi connectivity index (χ4v) is 3.00. The van der Waals surface area contributed by atoms with Crippen molar-refractivity contribution in [3.63, 3.8) is 0 Å².